The molecule has 0 aliphatic carbocycles. The third-order valence-corrected chi connectivity index (χ3v) is 1.42. The van der Waals surface area contributed by atoms with E-state index in [1.165, 1.54) is 0 Å². The van der Waals surface area contributed by atoms with Crippen molar-refractivity contribution in [1.82, 2.24) is 4.90 Å². The van der Waals surface area contributed by atoms with Gasteiger partial charge in [-0.3, -0.25) is 14.5 Å². The molecule has 0 rings (SSSR count). The van der Waals surface area contributed by atoms with Gasteiger partial charge in [0, 0.05) is 0 Å². The number of rotatable bonds is 6. The van der Waals surface area contributed by atoms with Crippen LogP contribution in [0.5, 0.6) is 0 Å². The molecule has 0 radical (unpaired) electrons. The first-order valence-corrected chi connectivity index (χ1v) is 3.57. The third-order valence-electron chi connectivity index (χ3n) is 1.42. The Balaban J connectivity index is 0. The van der Waals surface area contributed by atoms with Crippen molar-refractivity contribution in [3.05, 3.63) is 0 Å². The van der Waals surface area contributed by atoms with Gasteiger partial charge in [-0.15, -0.1) is 12.4 Å². The first kappa shape index (κ1) is 15.6. The minimum Gasteiger partial charge on any atom is -0.480 e. The molecule has 0 aromatic heterocycles. The Kier molecular flexibility index (Phi) is 8.35. The van der Waals surface area contributed by atoms with E-state index in [4.69, 9.17) is 16.1 Å². The maximum Gasteiger partial charge on any atom is 0.350 e. The fraction of sp³-hybridized carbons (Fsp3) is 0.667. The van der Waals surface area contributed by atoms with Crippen molar-refractivity contribution in [2.24, 2.45) is 5.90 Å². The maximum absolute atomic E-state index is 10.5. The summed E-state index contributed by atoms with van der Waals surface area (Å²) in [7, 11) is 0. The molecule has 14 heavy (non-hydrogen) atoms. The van der Waals surface area contributed by atoms with Crippen LogP contribution in [-0.4, -0.2) is 46.4 Å². The van der Waals surface area contributed by atoms with Gasteiger partial charge in [0.2, 0.25) is 6.23 Å². The molecule has 0 fully saturated rings. The van der Waals surface area contributed by atoms with Crippen molar-refractivity contribution >= 4 is 24.3 Å². The zero-order valence-electron chi connectivity index (χ0n) is 7.54. The van der Waals surface area contributed by atoms with E-state index in [0.29, 0.717) is 0 Å². The number of carboxylic acid groups (broad SMARTS) is 2. The van der Waals surface area contributed by atoms with Crippen molar-refractivity contribution in [3.8, 4) is 0 Å². The summed E-state index contributed by atoms with van der Waals surface area (Å²) in [4.78, 5) is 26.0. The van der Waals surface area contributed by atoms with E-state index in [1.54, 1.807) is 6.92 Å². The second kappa shape index (κ2) is 7.51. The lowest BCUT2D eigenvalue weighted by atomic mass is 10.4. The van der Waals surface area contributed by atoms with Crippen molar-refractivity contribution in [2.45, 2.75) is 13.2 Å². The van der Waals surface area contributed by atoms with Crippen LogP contribution in [0.4, 0.5) is 0 Å². The molecule has 0 aromatic rings. The van der Waals surface area contributed by atoms with E-state index in [2.05, 4.69) is 4.84 Å². The third kappa shape index (κ3) is 4.97. The summed E-state index contributed by atoms with van der Waals surface area (Å²) in [6, 6.07) is 0. The maximum atomic E-state index is 10.5. The molecule has 8 heteroatoms. The number of carboxylic acids is 2. The van der Waals surface area contributed by atoms with Gasteiger partial charge in [-0.05, 0) is 6.54 Å². The molecule has 1 atom stereocenters. The van der Waals surface area contributed by atoms with Gasteiger partial charge in [-0.1, -0.05) is 6.92 Å². The monoisotopic (exact) mass is 228 g/mol. The predicted octanol–water partition coefficient (Wildman–Crippen LogP) is -0.884. The molecule has 0 aliphatic rings. The minimum atomic E-state index is -1.42. The lowest BCUT2D eigenvalue weighted by Crippen LogP contribution is -2.46. The number of nitrogens with two attached hydrogens (primary N) is 1. The Bertz CT molecular complexity index is 201. The fourth-order valence-electron chi connectivity index (χ4n) is 0.835. The number of aliphatic carboxylic acids is 2. The summed E-state index contributed by atoms with van der Waals surface area (Å²) < 4.78 is 0. The summed E-state index contributed by atoms with van der Waals surface area (Å²) in [6.07, 6.45) is -1.42. The molecule has 7 nitrogen and oxygen atoms in total. The lowest BCUT2D eigenvalue weighted by Gasteiger charge is -2.23. The Labute approximate surface area is 86.8 Å². The van der Waals surface area contributed by atoms with E-state index < -0.39 is 24.7 Å². The van der Waals surface area contributed by atoms with Crippen LogP contribution in [0.25, 0.3) is 0 Å². The van der Waals surface area contributed by atoms with Gasteiger partial charge in [0.15, 0.2) is 0 Å². The molecule has 0 aliphatic heterocycles. The highest BCUT2D eigenvalue weighted by molar-refractivity contribution is 5.85. The highest BCUT2D eigenvalue weighted by atomic mass is 35.5. The van der Waals surface area contributed by atoms with E-state index >= 15 is 0 Å². The zero-order valence-corrected chi connectivity index (χ0v) is 8.36. The van der Waals surface area contributed by atoms with Crippen LogP contribution in [0, 0.1) is 0 Å². The average molecular weight is 229 g/mol. The summed E-state index contributed by atoms with van der Waals surface area (Å²) >= 11 is 0. The van der Waals surface area contributed by atoms with Crippen LogP contribution in [-0.2, 0) is 14.4 Å². The fourth-order valence-corrected chi connectivity index (χ4v) is 0.835. The Morgan fingerprint density at radius 1 is 1.50 bits per heavy atom. The summed E-state index contributed by atoms with van der Waals surface area (Å²) in [6.45, 7) is 1.41. The summed E-state index contributed by atoms with van der Waals surface area (Å²) in [5.74, 6) is 2.26. The van der Waals surface area contributed by atoms with Gasteiger partial charge < -0.3 is 10.2 Å². The molecule has 84 valence electrons. The molecule has 0 saturated carbocycles. The minimum absolute atomic E-state index is 0. The molecule has 0 bridgehead atoms. The number of nitrogens with zero attached hydrogens (tertiary/aromatic N) is 1. The first-order valence-electron chi connectivity index (χ1n) is 3.57. The molecule has 0 saturated heterocycles. The molecular weight excluding hydrogens is 216 g/mol. The van der Waals surface area contributed by atoms with Crippen LogP contribution >= 0.6 is 12.4 Å². The summed E-state index contributed by atoms with van der Waals surface area (Å²) in [5, 5.41) is 17.0. The lowest BCUT2D eigenvalue weighted by molar-refractivity contribution is -0.167. The van der Waals surface area contributed by atoms with Gasteiger partial charge in [0.1, 0.15) is 0 Å². The predicted molar refractivity (Wildman–Crippen MR) is 48.8 cm³/mol. The molecule has 0 heterocycles. The van der Waals surface area contributed by atoms with Crippen molar-refractivity contribution in [3.63, 3.8) is 0 Å². The first-order chi connectivity index (χ1) is 6.02. The quantitative estimate of drug-likeness (QED) is 0.399. The topological polar surface area (TPSA) is 113 Å². The Morgan fingerprint density at radius 3 is 2.21 bits per heavy atom. The molecule has 1 unspecified atom stereocenters. The van der Waals surface area contributed by atoms with Gasteiger partial charge >= 0.3 is 11.9 Å². The number of halogens is 1. The largest absolute Gasteiger partial charge is 0.480 e. The van der Waals surface area contributed by atoms with Crippen LogP contribution in [0.1, 0.15) is 6.92 Å². The SMILES string of the molecule is CCN(CC(=O)O)C(ON)C(=O)O.Cl. The van der Waals surface area contributed by atoms with Crippen LogP contribution in [0.15, 0.2) is 0 Å². The van der Waals surface area contributed by atoms with Crippen LogP contribution in [0.2, 0.25) is 0 Å². The van der Waals surface area contributed by atoms with Gasteiger partial charge in [-0.2, -0.15) is 0 Å². The molecule has 0 amide bonds. The number of carbonyl (C=O) groups is 2. The molecule has 4 N–H and O–H groups in total. The van der Waals surface area contributed by atoms with E-state index in [1.807, 2.05) is 0 Å². The second-order valence-electron chi connectivity index (χ2n) is 2.28. The molecule has 0 spiro atoms. The molecular formula is C6H13ClN2O5. The molecule has 0 aromatic carbocycles. The van der Waals surface area contributed by atoms with Gasteiger partial charge in [0.05, 0.1) is 6.54 Å². The normalized spacial score (nSPS) is 11.9. The zero-order chi connectivity index (χ0) is 10.4. The van der Waals surface area contributed by atoms with Crippen molar-refractivity contribution in [2.75, 3.05) is 13.1 Å². The second-order valence-corrected chi connectivity index (χ2v) is 2.28. The van der Waals surface area contributed by atoms with Crippen molar-refractivity contribution in [1.29, 1.82) is 0 Å². The van der Waals surface area contributed by atoms with Gasteiger partial charge in [-0.25, -0.2) is 10.7 Å². The van der Waals surface area contributed by atoms with E-state index in [9.17, 15) is 9.59 Å². The standard InChI is InChI=1S/C6H12N2O5.ClH/c1-2-8(3-4(9)10)5(13-7)6(11)12;/h5H,2-3,7H2,1H3,(H,9,10)(H,11,12);1H. The van der Waals surface area contributed by atoms with Crippen LogP contribution < -0.4 is 5.90 Å². The number of hydrogen-bond donors (Lipinski definition) is 3. The van der Waals surface area contributed by atoms with Gasteiger partial charge in [0.25, 0.3) is 0 Å². The highest BCUT2D eigenvalue weighted by Gasteiger charge is 2.26. The smallest absolute Gasteiger partial charge is 0.350 e. The summed E-state index contributed by atoms with van der Waals surface area (Å²) in [5.41, 5.74) is 0. The van der Waals surface area contributed by atoms with Crippen molar-refractivity contribution < 1.29 is 24.6 Å². The Morgan fingerprint density at radius 2 is 2.00 bits per heavy atom. The van der Waals surface area contributed by atoms with Crippen LogP contribution in [0.3, 0.4) is 0 Å². The number of hydrogen-bond acceptors (Lipinski definition) is 5. The Hall–Kier alpha value is -0.890. The van der Waals surface area contributed by atoms with E-state index in [0.717, 1.165) is 4.90 Å². The number of likely N-dealkylation sites (N-methyl/N-ethyl adjacent to an activating group) is 1. The average Bonchev–Trinajstić information content (AvgIpc) is 2.02. The highest BCUT2D eigenvalue weighted by Crippen LogP contribution is 1.98. The van der Waals surface area contributed by atoms with E-state index in [-0.39, 0.29) is 19.0 Å².